The van der Waals surface area contributed by atoms with E-state index in [-0.39, 0.29) is 17.6 Å². The summed E-state index contributed by atoms with van der Waals surface area (Å²) < 4.78 is 20.0. The van der Waals surface area contributed by atoms with Gasteiger partial charge in [-0.15, -0.1) is 0 Å². The molecule has 1 amide bonds. The molecule has 2 aliphatic rings. The van der Waals surface area contributed by atoms with Gasteiger partial charge in [-0.25, -0.2) is 9.37 Å². The quantitative estimate of drug-likeness (QED) is 0.449. The maximum absolute atomic E-state index is 14.0. The number of nitrogens with zero attached hydrogens (tertiary/aromatic N) is 3. The molecule has 1 aliphatic heterocycles. The Hall–Kier alpha value is -3.28. The summed E-state index contributed by atoms with van der Waals surface area (Å²) in [6, 6.07) is 14.1. The first-order valence-corrected chi connectivity index (χ1v) is 10.9. The van der Waals surface area contributed by atoms with E-state index in [4.69, 9.17) is 9.40 Å². The lowest BCUT2D eigenvalue weighted by molar-refractivity contribution is 0.0700. The van der Waals surface area contributed by atoms with E-state index < -0.39 is 0 Å². The average molecular weight is 415 g/mol. The zero-order valence-electron chi connectivity index (χ0n) is 17.1. The zero-order chi connectivity index (χ0) is 20.9. The second kappa shape index (κ2) is 7.15. The van der Waals surface area contributed by atoms with Crippen LogP contribution in [0.1, 0.15) is 59.5 Å². The molecule has 5 nitrogen and oxygen atoms in total. The number of aromatic nitrogens is 2. The van der Waals surface area contributed by atoms with Crippen molar-refractivity contribution in [2.24, 2.45) is 0 Å². The Balaban J connectivity index is 1.34. The van der Waals surface area contributed by atoms with Gasteiger partial charge >= 0.3 is 0 Å². The van der Waals surface area contributed by atoms with Crippen molar-refractivity contribution < 1.29 is 13.6 Å². The highest BCUT2D eigenvalue weighted by Gasteiger charge is 2.31. The van der Waals surface area contributed by atoms with Crippen LogP contribution >= 0.6 is 0 Å². The van der Waals surface area contributed by atoms with Crippen molar-refractivity contribution in [3.05, 3.63) is 71.5 Å². The summed E-state index contributed by atoms with van der Waals surface area (Å²) >= 11 is 0. The number of carbonyl (C=O) groups excluding carboxylic acids is 1. The van der Waals surface area contributed by atoms with Crippen molar-refractivity contribution in [3.63, 3.8) is 0 Å². The number of piperidine rings is 1. The van der Waals surface area contributed by atoms with Crippen LogP contribution in [0, 0.1) is 5.82 Å². The monoisotopic (exact) mass is 415 g/mol. The molecule has 31 heavy (non-hydrogen) atoms. The Morgan fingerprint density at radius 3 is 2.71 bits per heavy atom. The number of amides is 1. The van der Waals surface area contributed by atoms with Crippen molar-refractivity contribution in [2.75, 3.05) is 13.1 Å². The summed E-state index contributed by atoms with van der Waals surface area (Å²) in [7, 11) is 0. The van der Waals surface area contributed by atoms with Crippen molar-refractivity contribution in [3.8, 4) is 0 Å². The van der Waals surface area contributed by atoms with Gasteiger partial charge in [0.15, 0.2) is 11.5 Å². The smallest absolute Gasteiger partial charge is 0.254 e. The molecule has 6 rings (SSSR count). The number of hydrogen-bond donors (Lipinski definition) is 0. The van der Waals surface area contributed by atoms with Crippen LogP contribution in [0.4, 0.5) is 4.39 Å². The molecule has 1 saturated heterocycles. The topological polar surface area (TPSA) is 59.2 Å². The van der Waals surface area contributed by atoms with Crippen LogP contribution < -0.4 is 0 Å². The third-order valence-electron chi connectivity index (χ3n) is 6.38. The third kappa shape index (κ3) is 3.36. The molecule has 1 saturated carbocycles. The van der Waals surface area contributed by atoms with Crippen LogP contribution in [0.5, 0.6) is 0 Å². The standard InChI is InChI=1S/C25H22FN3O2/c26-17-9-10-20-18(12-17)19(13-22(27-20)15-7-8-15)25(30)29-11-3-4-16(14-29)24-28-21-5-1-2-6-23(21)31-24/h1-2,5-6,9-10,12-13,15-16H,3-4,7-8,11,14H2/t16-/m1/s1. The van der Waals surface area contributed by atoms with Crippen molar-refractivity contribution >= 4 is 27.9 Å². The van der Waals surface area contributed by atoms with Crippen LogP contribution in [0.25, 0.3) is 22.0 Å². The first kappa shape index (κ1) is 18.5. The lowest BCUT2D eigenvalue weighted by Gasteiger charge is -2.31. The number of halogens is 1. The zero-order valence-corrected chi connectivity index (χ0v) is 17.1. The number of hydrogen-bond acceptors (Lipinski definition) is 4. The highest BCUT2D eigenvalue weighted by Crippen LogP contribution is 2.40. The van der Waals surface area contributed by atoms with Gasteiger partial charge in [0.2, 0.25) is 0 Å². The van der Waals surface area contributed by atoms with Crippen LogP contribution in [0.3, 0.4) is 0 Å². The minimum Gasteiger partial charge on any atom is -0.440 e. The molecule has 1 aliphatic carbocycles. The molecule has 2 aromatic heterocycles. The SMILES string of the molecule is O=C(c1cc(C2CC2)nc2ccc(F)cc12)N1CCC[C@@H](c2nc3ccccc3o2)C1. The minimum atomic E-state index is -0.356. The molecule has 0 spiro atoms. The summed E-state index contributed by atoms with van der Waals surface area (Å²) in [5.41, 5.74) is 3.78. The number of likely N-dealkylation sites (tertiary alicyclic amines) is 1. The number of oxazole rings is 1. The molecule has 0 N–H and O–H groups in total. The first-order valence-electron chi connectivity index (χ1n) is 10.9. The van der Waals surface area contributed by atoms with Crippen molar-refractivity contribution in [2.45, 2.75) is 37.5 Å². The van der Waals surface area contributed by atoms with E-state index in [1.807, 2.05) is 35.2 Å². The van der Waals surface area contributed by atoms with Gasteiger partial charge in [0, 0.05) is 30.1 Å². The number of rotatable bonds is 3. The van der Waals surface area contributed by atoms with Gasteiger partial charge in [-0.05, 0) is 62.1 Å². The van der Waals surface area contributed by atoms with E-state index in [1.165, 1.54) is 12.1 Å². The average Bonchev–Trinajstić information content (AvgIpc) is 3.56. The van der Waals surface area contributed by atoms with Gasteiger partial charge in [0.25, 0.3) is 5.91 Å². The van der Waals surface area contributed by atoms with Gasteiger partial charge in [-0.2, -0.15) is 0 Å². The summed E-state index contributed by atoms with van der Waals surface area (Å²) in [6.07, 6.45) is 3.99. The Kier molecular flexibility index (Phi) is 4.26. The summed E-state index contributed by atoms with van der Waals surface area (Å²) in [5, 5.41) is 0.582. The molecule has 3 heterocycles. The molecule has 0 radical (unpaired) electrons. The largest absolute Gasteiger partial charge is 0.440 e. The summed E-state index contributed by atoms with van der Waals surface area (Å²) in [5.74, 6) is 0.724. The molecule has 1 atom stereocenters. The molecule has 0 bridgehead atoms. The lowest BCUT2D eigenvalue weighted by atomic mass is 9.96. The third-order valence-corrected chi connectivity index (χ3v) is 6.38. The van der Waals surface area contributed by atoms with Crippen LogP contribution in [-0.2, 0) is 0 Å². The molecular weight excluding hydrogens is 393 g/mol. The van der Waals surface area contributed by atoms with Gasteiger partial charge in [0.1, 0.15) is 11.3 Å². The Bertz CT molecular complexity index is 1280. The summed E-state index contributed by atoms with van der Waals surface area (Å²) in [4.78, 5) is 24.8. The van der Waals surface area contributed by atoms with E-state index in [2.05, 4.69) is 4.98 Å². The van der Waals surface area contributed by atoms with E-state index in [9.17, 15) is 9.18 Å². The van der Waals surface area contributed by atoms with Crippen molar-refractivity contribution in [1.82, 2.24) is 14.9 Å². The minimum absolute atomic E-state index is 0.0536. The number of pyridine rings is 1. The normalized spacial score (nSPS) is 19.3. The lowest BCUT2D eigenvalue weighted by Crippen LogP contribution is -2.39. The second-order valence-electron chi connectivity index (χ2n) is 8.64. The van der Waals surface area contributed by atoms with Gasteiger partial charge in [0.05, 0.1) is 17.0 Å². The van der Waals surface area contributed by atoms with E-state index in [1.54, 1.807) is 6.07 Å². The molecule has 2 aromatic carbocycles. The number of carbonyl (C=O) groups is 1. The fourth-order valence-electron chi connectivity index (χ4n) is 4.58. The maximum Gasteiger partial charge on any atom is 0.254 e. The Morgan fingerprint density at radius 2 is 1.87 bits per heavy atom. The fraction of sp³-hybridized carbons (Fsp3) is 0.320. The highest BCUT2D eigenvalue weighted by molar-refractivity contribution is 6.06. The Labute approximate surface area is 178 Å². The van der Waals surface area contributed by atoms with Gasteiger partial charge in [-0.1, -0.05) is 12.1 Å². The number of benzene rings is 2. The Morgan fingerprint density at radius 1 is 1.00 bits per heavy atom. The molecule has 6 heteroatoms. The second-order valence-corrected chi connectivity index (χ2v) is 8.64. The molecular formula is C25H22FN3O2. The van der Waals surface area contributed by atoms with Gasteiger partial charge in [-0.3, -0.25) is 9.78 Å². The fourth-order valence-corrected chi connectivity index (χ4v) is 4.58. The molecule has 2 fully saturated rings. The van der Waals surface area contributed by atoms with Crippen LogP contribution in [0.15, 0.2) is 52.9 Å². The van der Waals surface area contributed by atoms with E-state index in [0.29, 0.717) is 41.4 Å². The van der Waals surface area contributed by atoms with Gasteiger partial charge < -0.3 is 9.32 Å². The first-order chi connectivity index (χ1) is 15.2. The maximum atomic E-state index is 14.0. The number of fused-ring (bicyclic) bond motifs is 2. The highest BCUT2D eigenvalue weighted by atomic mass is 19.1. The predicted molar refractivity (Wildman–Crippen MR) is 116 cm³/mol. The van der Waals surface area contributed by atoms with Crippen LogP contribution in [0.2, 0.25) is 0 Å². The van der Waals surface area contributed by atoms with Crippen molar-refractivity contribution in [1.29, 1.82) is 0 Å². The van der Waals surface area contributed by atoms with E-state index >= 15 is 0 Å². The predicted octanol–water partition coefficient (Wildman–Crippen LogP) is 5.41. The molecule has 0 unspecified atom stereocenters. The molecule has 156 valence electrons. The summed E-state index contributed by atoms with van der Waals surface area (Å²) in [6.45, 7) is 1.22. The van der Waals surface area contributed by atoms with E-state index in [0.717, 1.165) is 42.5 Å². The molecule has 4 aromatic rings. The number of para-hydroxylation sites is 2. The van der Waals surface area contributed by atoms with Crippen LogP contribution in [-0.4, -0.2) is 33.9 Å².